The van der Waals surface area contributed by atoms with E-state index in [1.807, 2.05) is 0 Å². The first-order chi connectivity index (χ1) is 43.4. The summed E-state index contributed by atoms with van der Waals surface area (Å²) in [7, 11) is 0. The average Bonchev–Trinajstić information content (AvgIpc) is 0.768. The maximum absolute atomic E-state index is 13.6. The Morgan fingerprint density at radius 3 is 1.11 bits per heavy atom. The molecule has 40 heteroatoms. The zero-order valence-electron chi connectivity index (χ0n) is 50.0. The lowest BCUT2D eigenvalue weighted by Crippen LogP contribution is -2.72. The van der Waals surface area contributed by atoms with Crippen LogP contribution in [0.3, 0.4) is 0 Å². The van der Waals surface area contributed by atoms with Crippen molar-refractivity contribution in [3.8, 4) is 0 Å². The van der Waals surface area contributed by atoms with Crippen molar-refractivity contribution in [1.82, 2.24) is 10.6 Å². The molecule has 0 bridgehead atoms. The summed E-state index contributed by atoms with van der Waals surface area (Å²) in [4.78, 5) is 26.6. The van der Waals surface area contributed by atoms with Crippen molar-refractivity contribution in [3.05, 3.63) is 0 Å². The zero-order valence-corrected chi connectivity index (χ0v) is 50.0. The van der Waals surface area contributed by atoms with Gasteiger partial charge in [0.25, 0.3) is 0 Å². The molecule has 8 fully saturated rings. The first-order valence-corrected chi connectivity index (χ1v) is 29.7. The third-order valence-electron chi connectivity index (χ3n) is 17.3. The summed E-state index contributed by atoms with van der Waals surface area (Å²) in [6.45, 7) is 0.776. The van der Waals surface area contributed by atoms with Gasteiger partial charge in [-0.3, -0.25) is 9.59 Å². The van der Waals surface area contributed by atoms with Gasteiger partial charge in [-0.1, -0.05) is 0 Å². The molecule has 0 spiro atoms. The van der Waals surface area contributed by atoms with Crippen LogP contribution >= 0.6 is 0 Å². The van der Waals surface area contributed by atoms with E-state index in [-0.39, 0.29) is 0 Å². The summed E-state index contributed by atoms with van der Waals surface area (Å²) >= 11 is 0. The van der Waals surface area contributed by atoms with Crippen molar-refractivity contribution in [3.63, 3.8) is 0 Å². The predicted molar refractivity (Wildman–Crippen MR) is 283 cm³/mol. The lowest BCUT2D eigenvalue weighted by atomic mass is 9.93. The topological polar surface area (TPSA) is 621 Å². The van der Waals surface area contributed by atoms with Crippen LogP contribution in [-0.4, -0.2) is 398 Å². The number of aliphatic hydroxyl groups excluding tert-OH is 21. The van der Waals surface area contributed by atoms with Crippen LogP contribution in [0.25, 0.3) is 0 Å². The Bertz CT molecular complexity index is 2330. The quantitative estimate of drug-likeness (QED) is 0.0507. The molecule has 40 nitrogen and oxygen atoms in total. The van der Waals surface area contributed by atoms with Gasteiger partial charge in [-0.2, -0.15) is 0 Å². The molecule has 8 aliphatic heterocycles. The minimum atomic E-state index is -2.30. The molecule has 23 N–H and O–H groups in total. The van der Waals surface area contributed by atoms with Crippen molar-refractivity contribution in [2.75, 3.05) is 33.0 Å². The van der Waals surface area contributed by atoms with Crippen molar-refractivity contribution in [2.24, 2.45) is 0 Å². The summed E-state index contributed by atoms with van der Waals surface area (Å²) in [5.74, 6) is -1.85. The Morgan fingerprint density at radius 2 is 0.641 bits per heavy atom. The molecule has 0 saturated carbocycles. The number of carbonyl (C=O) groups excluding carboxylic acids is 2. The van der Waals surface area contributed by atoms with Crippen LogP contribution in [0, 0.1) is 0 Å². The highest BCUT2D eigenvalue weighted by Crippen LogP contribution is 2.40. The van der Waals surface area contributed by atoms with Gasteiger partial charge in [0, 0.05) is 13.8 Å². The molecule has 534 valence electrons. The minimum absolute atomic E-state index is 0.846. The predicted octanol–water partition coefficient (Wildman–Crippen LogP) is -15.1. The molecule has 0 aromatic heterocycles. The highest BCUT2D eigenvalue weighted by Gasteiger charge is 2.60. The molecule has 40 atom stereocenters. The zero-order chi connectivity index (χ0) is 67.8. The van der Waals surface area contributed by atoms with Gasteiger partial charge in [0.15, 0.2) is 50.3 Å². The Kier molecular flexibility index (Phi) is 26.2. The van der Waals surface area contributed by atoms with Crippen molar-refractivity contribution < 1.29 is 188 Å². The molecule has 8 heterocycles. The van der Waals surface area contributed by atoms with Crippen LogP contribution in [0.2, 0.25) is 0 Å². The minimum Gasteiger partial charge on any atom is -0.394 e. The van der Waals surface area contributed by atoms with E-state index >= 15 is 0 Å². The third kappa shape index (κ3) is 16.0. The molecule has 8 saturated heterocycles. The first-order valence-electron chi connectivity index (χ1n) is 29.7. The molecular formula is C52H88N2O38. The van der Waals surface area contributed by atoms with Gasteiger partial charge in [-0.05, 0) is 20.8 Å². The van der Waals surface area contributed by atoms with Gasteiger partial charge in [0.05, 0.1) is 51.3 Å². The maximum atomic E-state index is 13.6. The second-order valence-electron chi connectivity index (χ2n) is 23.8. The second-order valence-corrected chi connectivity index (χ2v) is 23.8. The van der Waals surface area contributed by atoms with Gasteiger partial charge in [0.1, 0.15) is 177 Å². The molecule has 8 aliphatic rings. The van der Waals surface area contributed by atoms with Crippen LogP contribution in [-0.2, 0) is 80.6 Å². The first kappa shape index (κ1) is 75.3. The van der Waals surface area contributed by atoms with E-state index in [1.54, 1.807) is 0 Å². The lowest BCUT2D eigenvalue weighted by Gasteiger charge is -2.52. The normalized spacial score (nSPS) is 52.1. The molecule has 0 aromatic rings. The highest BCUT2D eigenvalue weighted by molar-refractivity contribution is 5.73. The monoisotopic (exact) mass is 1350 g/mol. The summed E-state index contributed by atoms with van der Waals surface area (Å²) in [6, 6.07) is -3.83. The Morgan fingerprint density at radius 1 is 0.304 bits per heavy atom. The van der Waals surface area contributed by atoms with Crippen molar-refractivity contribution >= 4 is 11.8 Å². The van der Waals surface area contributed by atoms with E-state index < -0.39 is 290 Å². The fourth-order valence-electron chi connectivity index (χ4n) is 12.0. The molecule has 0 aliphatic carbocycles. The van der Waals surface area contributed by atoms with Gasteiger partial charge < -0.3 is 189 Å². The molecular weight excluding hydrogens is 1260 g/mol. The third-order valence-corrected chi connectivity index (χ3v) is 17.3. The Hall–Kier alpha value is -2.50. The van der Waals surface area contributed by atoms with Crippen molar-refractivity contribution in [1.29, 1.82) is 0 Å². The summed E-state index contributed by atoms with van der Waals surface area (Å²) in [5.41, 5.74) is 0. The van der Waals surface area contributed by atoms with E-state index in [1.165, 1.54) is 20.8 Å². The Labute approximate surface area is 522 Å². The van der Waals surface area contributed by atoms with Crippen LogP contribution in [0.4, 0.5) is 0 Å². The number of rotatable bonds is 21. The fourth-order valence-corrected chi connectivity index (χ4v) is 12.0. The number of hydrogen-bond donors (Lipinski definition) is 23. The largest absolute Gasteiger partial charge is 0.394 e. The number of aliphatic hydroxyl groups is 21. The van der Waals surface area contributed by atoms with E-state index in [4.69, 9.17) is 71.1 Å². The van der Waals surface area contributed by atoms with Gasteiger partial charge in [-0.15, -0.1) is 0 Å². The molecule has 0 unspecified atom stereocenters. The van der Waals surface area contributed by atoms with Gasteiger partial charge >= 0.3 is 0 Å². The number of amides is 2. The fraction of sp³-hybridized carbons (Fsp3) is 0.962. The standard InChI is InChI=1S/C52H88N2O38/c1-11-23(61)28(66)33(71)48(79-11)90-42-21(53-14(4)59)45(77)82-20(10-78-47-37(75)32(70)39(13(3)81-47)87-50-35(73)30(68)25(63)16(6-55)83-50)41(42)88-46-22(54-15(5)60)43(91-49-34(72)29(67)24(62)12(2)80-49)40(19(9-58)86-46)89-52-38(76)44(27(65)18(8-57)85-52)92-51-36(74)31(69)26(64)17(7-56)84-51/h11-13,16-52,55-58,61-77H,6-10H2,1-5H3,(H,53,59)(H,54,60)/t11-,12-,13-,16+,17+,18+,19+,20+,21+,22+,23+,24+,25-,26+,27+,28+,29+,30-,31-,32-,33-,34-,35+,36-,37-,38-,39+,40+,41+,42+,43+,44-,45+,46-,47+,48-,49-,50-,51+,52-/m0/s1. The van der Waals surface area contributed by atoms with Crippen LogP contribution < -0.4 is 10.6 Å². The number of carbonyl (C=O) groups is 2. The maximum Gasteiger partial charge on any atom is 0.217 e. The highest BCUT2D eigenvalue weighted by atomic mass is 16.8. The molecule has 92 heavy (non-hydrogen) atoms. The molecule has 8 rings (SSSR count). The summed E-state index contributed by atoms with van der Waals surface area (Å²) < 4.78 is 89.5. The van der Waals surface area contributed by atoms with Gasteiger partial charge in [-0.25, -0.2) is 0 Å². The summed E-state index contributed by atoms with van der Waals surface area (Å²) in [5, 5.41) is 233. The van der Waals surface area contributed by atoms with E-state index in [0.29, 0.717) is 0 Å². The van der Waals surface area contributed by atoms with E-state index in [9.17, 15) is 117 Å². The van der Waals surface area contributed by atoms with Crippen LogP contribution in [0.5, 0.6) is 0 Å². The number of hydrogen-bond acceptors (Lipinski definition) is 38. The van der Waals surface area contributed by atoms with Crippen molar-refractivity contribution in [2.45, 2.75) is 280 Å². The smallest absolute Gasteiger partial charge is 0.217 e. The van der Waals surface area contributed by atoms with E-state index in [2.05, 4.69) is 10.6 Å². The van der Waals surface area contributed by atoms with Crippen LogP contribution in [0.15, 0.2) is 0 Å². The average molecular weight is 1350 g/mol. The summed E-state index contributed by atoms with van der Waals surface area (Å²) in [6.07, 6.45) is -72.9. The SMILES string of the molecule is CC(=O)N[C@@H]1[C@@H](O[C@@H]2O[C@@H](C)[C@@H](O)[C@@H](O)[C@@H]2O)[C@H](O[C@@H]2O[C@H](CO)[C@@H](O[C@@H]3O[C@H](CO)[C@@H](O)[C@H](O[C@H]4O[C@H](CO)[C@@H](O)[C@H](O)[C@@H]4O)[C@@H]3O)[C@H](O[C@@H]3O[C@@H](C)[C@@H](O)[C@@H](O)[C@@H]3O)[C@H]2NC(C)=O)[C@@H](CO[C@@H]2O[C@@H](C)[C@@H](O[C@@H]3O[C@H](CO)[C@H](O)[C@H](O)[C@H]3O)[C@@H](O)[C@@H]2O)O[C@H]1O. The van der Waals surface area contributed by atoms with Crippen LogP contribution in [0.1, 0.15) is 34.6 Å². The number of ether oxygens (including phenoxy) is 15. The molecule has 0 radical (unpaired) electrons. The van der Waals surface area contributed by atoms with Gasteiger partial charge in [0.2, 0.25) is 11.8 Å². The lowest BCUT2D eigenvalue weighted by molar-refractivity contribution is -0.396. The van der Waals surface area contributed by atoms with E-state index in [0.717, 1.165) is 13.8 Å². The molecule has 2 amide bonds. The Balaban J connectivity index is 1.16. The second kappa shape index (κ2) is 32.0. The molecule has 0 aromatic carbocycles. The number of nitrogens with one attached hydrogen (secondary N) is 2.